The summed E-state index contributed by atoms with van der Waals surface area (Å²) < 4.78 is 5.83. The number of rotatable bonds is 6. The maximum Gasteiger partial charge on any atom is 0.262 e. The van der Waals surface area contributed by atoms with Crippen LogP contribution >= 0.6 is 0 Å². The number of carbonyl (C=O) groups excluding carboxylic acids is 1. The van der Waals surface area contributed by atoms with Crippen LogP contribution in [0.5, 0.6) is 5.75 Å². The number of benzene rings is 3. The highest BCUT2D eigenvalue weighted by Crippen LogP contribution is 2.27. The van der Waals surface area contributed by atoms with E-state index in [9.17, 15) is 4.79 Å². The maximum atomic E-state index is 12.6. The Labute approximate surface area is 171 Å². The fraction of sp³-hybridized carbons (Fsp3) is 0.292. The summed E-state index contributed by atoms with van der Waals surface area (Å²) >= 11 is 0. The van der Waals surface area contributed by atoms with E-state index in [0.717, 1.165) is 60.6 Å². The Hall–Kier alpha value is -3.05. The van der Waals surface area contributed by atoms with Crippen molar-refractivity contribution in [2.75, 3.05) is 49.5 Å². The van der Waals surface area contributed by atoms with Crippen LogP contribution < -0.4 is 15.0 Å². The van der Waals surface area contributed by atoms with Gasteiger partial charge < -0.3 is 19.9 Å². The number of fused-ring (bicyclic) bond motifs is 1. The van der Waals surface area contributed by atoms with Crippen LogP contribution in [0, 0.1) is 0 Å². The molecule has 3 aromatic carbocycles. The van der Waals surface area contributed by atoms with Crippen LogP contribution in [0.3, 0.4) is 0 Å². The predicted octanol–water partition coefficient (Wildman–Crippen LogP) is 4.00. The van der Waals surface area contributed by atoms with E-state index >= 15 is 0 Å². The lowest BCUT2D eigenvalue weighted by atomic mass is 10.1. The molecule has 29 heavy (non-hydrogen) atoms. The summed E-state index contributed by atoms with van der Waals surface area (Å²) in [6.45, 7) is 7.27. The van der Waals surface area contributed by atoms with Crippen LogP contribution in [0.2, 0.25) is 0 Å². The standard InChI is InChI=1S/C24H27N3O2/c1-2-26-14-16-27(17-15-26)22-12-6-5-11-21(22)25-24(28)18-29-23-13-7-9-19-8-3-4-10-20(19)23/h3-13H,2,14-18H2,1H3,(H,25,28). The van der Waals surface area contributed by atoms with Gasteiger partial charge in [-0.3, -0.25) is 4.79 Å². The van der Waals surface area contributed by atoms with E-state index in [1.54, 1.807) is 0 Å². The number of hydrogen-bond donors (Lipinski definition) is 1. The molecule has 0 atom stereocenters. The zero-order valence-corrected chi connectivity index (χ0v) is 16.8. The quantitative estimate of drug-likeness (QED) is 0.692. The minimum atomic E-state index is -0.155. The Kier molecular flexibility index (Phi) is 5.96. The molecule has 1 aliphatic rings. The number of piperazine rings is 1. The van der Waals surface area contributed by atoms with E-state index in [1.165, 1.54) is 0 Å². The summed E-state index contributed by atoms with van der Waals surface area (Å²) in [4.78, 5) is 17.4. The SMILES string of the molecule is CCN1CCN(c2ccccc2NC(=O)COc2cccc3ccccc23)CC1. The first-order valence-electron chi connectivity index (χ1n) is 10.2. The third-order valence-corrected chi connectivity index (χ3v) is 5.45. The average Bonchev–Trinajstić information content (AvgIpc) is 2.78. The van der Waals surface area contributed by atoms with Crippen molar-refractivity contribution in [1.82, 2.24) is 4.90 Å². The van der Waals surface area contributed by atoms with E-state index in [2.05, 4.69) is 28.1 Å². The molecular formula is C24H27N3O2. The number of hydrogen-bond acceptors (Lipinski definition) is 4. The van der Waals surface area contributed by atoms with Crippen molar-refractivity contribution in [3.05, 3.63) is 66.7 Å². The second-order valence-electron chi connectivity index (χ2n) is 7.25. The van der Waals surface area contributed by atoms with Gasteiger partial charge in [0.05, 0.1) is 11.4 Å². The van der Waals surface area contributed by atoms with Gasteiger partial charge >= 0.3 is 0 Å². The van der Waals surface area contributed by atoms with Crippen molar-refractivity contribution in [2.45, 2.75) is 6.92 Å². The summed E-state index contributed by atoms with van der Waals surface area (Å²) in [5, 5.41) is 5.14. The van der Waals surface area contributed by atoms with Gasteiger partial charge in [-0.15, -0.1) is 0 Å². The molecule has 1 N–H and O–H groups in total. The first-order chi connectivity index (χ1) is 14.2. The Bertz CT molecular complexity index is 975. The van der Waals surface area contributed by atoms with Gasteiger partial charge in [-0.05, 0) is 30.1 Å². The molecule has 1 amide bonds. The molecular weight excluding hydrogens is 362 g/mol. The van der Waals surface area contributed by atoms with Gasteiger partial charge in [0, 0.05) is 31.6 Å². The molecule has 1 aliphatic heterocycles. The number of amides is 1. The van der Waals surface area contributed by atoms with Crippen molar-refractivity contribution in [3.8, 4) is 5.75 Å². The van der Waals surface area contributed by atoms with Crippen LogP contribution in [-0.2, 0) is 4.79 Å². The lowest BCUT2D eigenvalue weighted by molar-refractivity contribution is -0.118. The normalized spacial score (nSPS) is 14.7. The third-order valence-electron chi connectivity index (χ3n) is 5.45. The highest BCUT2D eigenvalue weighted by atomic mass is 16.5. The van der Waals surface area contributed by atoms with E-state index < -0.39 is 0 Å². The Morgan fingerprint density at radius 3 is 2.48 bits per heavy atom. The third kappa shape index (κ3) is 4.51. The van der Waals surface area contributed by atoms with Gasteiger partial charge in [0.25, 0.3) is 5.91 Å². The number of para-hydroxylation sites is 2. The van der Waals surface area contributed by atoms with Gasteiger partial charge in [-0.2, -0.15) is 0 Å². The van der Waals surface area contributed by atoms with E-state index in [1.807, 2.05) is 60.7 Å². The Morgan fingerprint density at radius 1 is 0.931 bits per heavy atom. The van der Waals surface area contributed by atoms with Crippen molar-refractivity contribution in [1.29, 1.82) is 0 Å². The lowest BCUT2D eigenvalue weighted by Gasteiger charge is -2.36. The van der Waals surface area contributed by atoms with Crippen LogP contribution in [0.4, 0.5) is 11.4 Å². The van der Waals surface area contributed by atoms with Gasteiger partial charge in [-0.1, -0.05) is 55.5 Å². The summed E-state index contributed by atoms with van der Waals surface area (Å²) in [6, 6.07) is 21.9. The number of carbonyl (C=O) groups is 1. The molecule has 0 unspecified atom stereocenters. The summed E-state index contributed by atoms with van der Waals surface area (Å²) in [5.74, 6) is 0.569. The lowest BCUT2D eigenvalue weighted by Crippen LogP contribution is -2.46. The topological polar surface area (TPSA) is 44.8 Å². The molecule has 1 heterocycles. The second-order valence-corrected chi connectivity index (χ2v) is 7.25. The number of nitrogens with one attached hydrogen (secondary N) is 1. The Balaban J connectivity index is 1.41. The van der Waals surface area contributed by atoms with Gasteiger partial charge in [0.2, 0.25) is 0 Å². The highest BCUT2D eigenvalue weighted by molar-refractivity contribution is 5.96. The number of ether oxygens (including phenoxy) is 1. The largest absolute Gasteiger partial charge is 0.483 e. The van der Waals surface area contributed by atoms with Crippen molar-refractivity contribution in [2.24, 2.45) is 0 Å². The van der Waals surface area contributed by atoms with Crippen LogP contribution in [0.15, 0.2) is 66.7 Å². The molecule has 4 rings (SSSR count). The van der Waals surface area contributed by atoms with Crippen molar-refractivity contribution < 1.29 is 9.53 Å². The minimum absolute atomic E-state index is 0.0219. The molecule has 0 aromatic heterocycles. The number of likely N-dealkylation sites (N-methyl/N-ethyl adjacent to an activating group) is 1. The molecule has 0 radical (unpaired) electrons. The molecule has 5 heteroatoms. The minimum Gasteiger partial charge on any atom is -0.483 e. The smallest absolute Gasteiger partial charge is 0.262 e. The molecule has 5 nitrogen and oxygen atoms in total. The average molecular weight is 389 g/mol. The van der Waals surface area contributed by atoms with E-state index in [-0.39, 0.29) is 12.5 Å². The number of nitrogens with zero attached hydrogens (tertiary/aromatic N) is 2. The van der Waals surface area contributed by atoms with Gasteiger partial charge in [-0.25, -0.2) is 0 Å². The second kappa shape index (κ2) is 8.97. The molecule has 0 aliphatic carbocycles. The Morgan fingerprint density at radius 2 is 1.66 bits per heavy atom. The molecule has 1 saturated heterocycles. The molecule has 0 bridgehead atoms. The zero-order chi connectivity index (χ0) is 20.1. The summed E-state index contributed by atoms with van der Waals surface area (Å²) in [7, 11) is 0. The monoisotopic (exact) mass is 389 g/mol. The summed E-state index contributed by atoms with van der Waals surface area (Å²) in [6.07, 6.45) is 0. The zero-order valence-electron chi connectivity index (χ0n) is 16.8. The van der Waals surface area contributed by atoms with E-state index in [4.69, 9.17) is 4.74 Å². The molecule has 0 spiro atoms. The van der Waals surface area contributed by atoms with Crippen LogP contribution in [0.1, 0.15) is 6.92 Å². The van der Waals surface area contributed by atoms with Crippen molar-refractivity contribution in [3.63, 3.8) is 0 Å². The van der Waals surface area contributed by atoms with E-state index in [0.29, 0.717) is 0 Å². The van der Waals surface area contributed by atoms with Crippen LogP contribution in [0.25, 0.3) is 10.8 Å². The fourth-order valence-corrected chi connectivity index (χ4v) is 3.81. The number of anilines is 2. The molecule has 1 fully saturated rings. The summed E-state index contributed by atoms with van der Waals surface area (Å²) in [5.41, 5.74) is 1.91. The van der Waals surface area contributed by atoms with Crippen LogP contribution in [-0.4, -0.2) is 50.1 Å². The molecule has 0 saturated carbocycles. The molecule has 3 aromatic rings. The molecule has 150 valence electrons. The highest BCUT2D eigenvalue weighted by Gasteiger charge is 2.19. The predicted molar refractivity (Wildman–Crippen MR) is 119 cm³/mol. The first-order valence-corrected chi connectivity index (χ1v) is 10.2. The van der Waals surface area contributed by atoms with Crippen molar-refractivity contribution >= 4 is 28.1 Å². The van der Waals surface area contributed by atoms with Gasteiger partial charge in [0.1, 0.15) is 5.75 Å². The maximum absolute atomic E-state index is 12.6. The fourth-order valence-electron chi connectivity index (χ4n) is 3.81. The first kappa shape index (κ1) is 19.3. The van der Waals surface area contributed by atoms with Gasteiger partial charge in [0.15, 0.2) is 6.61 Å².